The third-order valence-corrected chi connectivity index (χ3v) is 10.8. The van der Waals surface area contributed by atoms with Crippen LogP contribution in [0.3, 0.4) is 0 Å². The summed E-state index contributed by atoms with van der Waals surface area (Å²) in [5.74, 6) is 1.50. The van der Waals surface area contributed by atoms with Crippen molar-refractivity contribution in [1.29, 1.82) is 0 Å². The second-order valence-corrected chi connectivity index (χ2v) is 13.5. The second-order valence-electron chi connectivity index (χ2n) is 13.5. The summed E-state index contributed by atoms with van der Waals surface area (Å²) in [5.41, 5.74) is 13.5. The first-order chi connectivity index (χ1) is 24.8. The van der Waals surface area contributed by atoms with Gasteiger partial charge in [0.1, 0.15) is 5.82 Å². The normalized spacial score (nSPS) is 20.8. The molecule has 3 heteroatoms. The Balaban J connectivity index is 1.09. The van der Waals surface area contributed by atoms with Crippen molar-refractivity contribution in [2.75, 3.05) is 9.80 Å². The van der Waals surface area contributed by atoms with Crippen LogP contribution in [0.15, 0.2) is 188 Å². The molecule has 0 saturated carbocycles. The number of hydrogen-bond donors (Lipinski definition) is 0. The molecule has 0 amide bonds. The number of anilines is 4. The summed E-state index contributed by atoms with van der Waals surface area (Å²) >= 11 is 0. The minimum Gasteiger partial charge on any atom is -0.333 e. The lowest BCUT2D eigenvalue weighted by molar-refractivity contribution is 0.692. The molecule has 2 aliphatic carbocycles. The average Bonchev–Trinajstić information content (AvgIpc) is 3.47. The highest BCUT2D eigenvalue weighted by molar-refractivity contribution is 5.90. The fourth-order valence-corrected chi connectivity index (χ4v) is 8.57. The smallest absolute Gasteiger partial charge is 0.134 e. The third-order valence-electron chi connectivity index (χ3n) is 10.8. The van der Waals surface area contributed by atoms with Gasteiger partial charge in [-0.2, -0.15) is 0 Å². The highest BCUT2D eigenvalue weighted by atomic mass is 15.2. The average molecular weight is 642 g/mol. The van der Waals surface area contributed by atoms with Gasteiger partial charge in [-0.3, -0.25) is 0 Å². The van der Waals surface area contributed by atoms with Crippen LogP contribution in [0.4, 0.5) is 22.9 Å². The molecule has 0 saturated heterocycles. The lowest BCUT2D eigenvalue weighted by atomic mass is 9.85. The Bertz CT molecular complexity index is 2360. The van der Waals surface area contributed by atoms with E-state index in [0.29, 0.717) is 5.92 Å². The highest BCUT2D eigenvalue weighted by Gasteiger charge is 2.37. The van der Waals surface area contributed by atoms with Gasteiger partial charge in [-0.25, -0.2) is 4.98 Å². The Labute approximate surface area is 293 Å². The Morgan fingerprint density at radius 3 is 1.78 bits per heavy atom. The van der Waals surface area contributed by atoms with E-state index in [2.05, 4.69) is 198 Å². The summed E-state index contributed by atoms with van der Waals surface area (Å²) in [6.07, 6.45) is 20.1. The molecule has 0 fully saturated rings. The largest absolute Gasteiger partial charge is 0.333 e. The molecule has 3 heterocycles. The molecule has 2 aliphatic heterocycles. The van der Waals surface area contributed by atoms with E-state index in [0.717, 1.165) is 16.9 Å². The van der Waals surface area contributed by atoms with Crippen LogP contribution in [-0.2, 0) is 0 Å². The molecule has 4 atom stereocenters. The molecule has 5 aromatic carbocycles. The topological polar surface area (TPSA) is 19.4 Å². The molecular weight excluding hydrogens is 607 g/mol. The maximum atomic E-state index is 5.28. The van der Waals surface area contributed by atoms with Crippen LogP contribution >= 0.6 is 0 Å². The van der Waals surface area contributed by atoms with Crippen LogP contribution in [0.1, 0.15) is 23.0 Å². The number of nitrogens with zero attached hydrogens (tertiary/aromatic N) is 3. The van der Waals surface area contributed by atoms with Gasteiger partial charge in [-0.1, -0.05) is 152 Å². The fraction of sp³-hybridized carbons (Fsp3) is 0.0851. The molecule has 238 valence electrons. The molecule has 3 nitrogen and oxygen atoms in total. The summed E-state index contributed by atoms with van der Waals surface area (Å²) < 4.78 is 0. The first-order valence-corrected chi connectivity index (χ1v) is 17.6. The highest BCUT2D eigenvalue weighted by Crippen LogP contribution is 2.50. The van der Waals surface area contributed by atoms with Crippen LogP contribution < -0.4 is 9.80 Å². The minimum atomic E-state index is 0.0851. The van der Waals surface area contributed by atoms with Crippen molar-refractivity contribution in [2.24, 2.45) is 0 Å². The van der Waals surface area contributed by atoms with Gasteiger partial charge >= 0.3 is 0 Å². The summed E-state index contributed by atoms with van der Waals surface area (Å²) in [6.45, 7) is 0. The molecule has 0 N–H and O–H groups in total. The van der Waals surface area contributed by atoms with E-state index in [-0.39, 0.29) is 18.0 Å². The monoisotopic (exact) mass is 641 g/mol. The number of benzene rings is 5. The summed E-state index contributed by atoms with van der Waals surface area (Å²) in [4.78, 5) is 10.2. The van der Waals surface area contributed by atoms with E-state index in [4.69, 9.17) is 4.98 Å². The van der Waals surface area contributed by atoms with Gasteiger partial charge in [0.15, 0.2) is 0 Å². The van der Waals surface area contributed by atoms with Crippen molar-refractivity contribution in [2.45, 2.75) is 23.9 Å². The lowest BCUT2D eigenvalue weighted by Gasteiger charge is -2.35. The first kappa shape index (κ1) is 28.8. The maximum Gasteiger partial charge on any atom is 0.134 e. The molecule has 1 aromatic heterocycles. The number of pyridine rings is 1. The van der Waals surface area contributed by atoms with E-state index in [1.807, 2.05) is 0 Å². The van der Waals surface area contributed by atoms with Crippen molar-refractivity contribution in [3.8, 4) is 33.4 Å². The number of allylic oxidation sites excluding steroid dienone is 4. The van der Waals surface area contributed by atoms with Gasteiger partial charge in [-0.15, -0.1) is 0 Å². The molecule has 4 aliphatic rings. The number of hydrogen-bond acceptors (Lipinski definition) is 3. The van der Waals surface area contributed by atoms with Crippen molar-refractivity contribution >= 4 is 22.9 Å². The standard InChI is InChI=1S/C47H35N3/c1-2-14-32(15-3-1)41-30-47(50-45-24-12-6-18-37(45)35-16-4-5-17-36(35)38-19-7-13-25-46(38)50)48-31-42(41)33-26-28-34(29-27-33)49-43-22-10-8-20-39(43)40-21-9-11-23-44(40)49/h1-31,37,39,43,45H. The lowest BCUT2D eigenvalue weighted by Crippen LogP contribution is -2.35. The molecule has 50 heavy (non-hydrogen) atoms. The second kappa shape index (κ2) is 11.7. The zero-order valence-electron chi connectivity index (χ0n) is 27.5. The molecular formula is C47H35N3. The van der Waals surface area contributed by atoms with Crippen molar-refractivity contribution in [3.63, 3.8) is 0 Å². The molecule has 0 bridgehead atoms. The molecule has 10 rings (SSSR count). The first-order valence-electron chi connectivity index (χ1n) is 17.6. The number of fused-ring (bicyclic) bond motifs is 8. The summed E-state index contributed by atoms with van der Waals surface area (Å²) in [6, 6.07) is 49.0. The predicted molar refractivity (Wildman–Crippen MR) is 207 cm³/mol. The van der Waals surface area contributed by atoms with Gasteiger partial charge in [0, 0.05) is 40.5 Å². The van der Waals surface area contributed by atoms with Gasteiger partial charge in [0.2, 0.25) is 0 Å². The molecule has 0 radical (unpaired) electrons. The SMILES string of the molecule is C1=CC2c3ccccc3N(c3ccc(-c4cnc(N5c6ccccc6-c6ccccc6C6C=CC=CC65)cc4-c4ccccc4)cc3)C2C=C1. The van der Waals surface area contributed by atoms with E-state index < -0.39 is 0 Å². The van der Waals surface area contributed by atoms with Crippen LogP contribution in [-0.4, -0.2) is 17.1 Å². The third kappa shape index (κ3) is 4.54. The van der Waals surface area contributed by atoms with Gasteiger partial charge in [-0.05, 0) is 63.7 Å². The van der Waals surface area contributed by atoms with E-state index in [1.165, 1.54) is 50.4 Å². The van der Waals surface area contributed by atoms with Crippen LogP contribution in [0.2, 0.25) is 0 Å². The van der Waals surface area contributed by atoms with Gasteiger partial charge < -0.3 is 9.80 Å². The zero-order chi connectivity index (χ0) is 33.0. The van der Waals surface area contributed by atoms with E-state index in [9.17, 15) is 0 Å². The van der Waals surface area contributed by atoms with Gasteiger partial charge in [0.25, 0.3) is 0 Å². The predicted octanol–water partition coefficient (Wildman–Crippen LogP) is 11.5. The Morgan fingerprint density at radius 2 is 1.00 bits per heavy atom. The Hall–Kier alpha value is -6.19. The van der Waals surface area contributed by atoms with Crippen LogP contribution in [0, 0.1) is 0 Å². The van der Waals surface area contributed by atoms with E-state index >= 15 is 0 Å². The Kier molecular flexibility index (Phi) is 6.76. The van der Waals surface area contributed by atoms with Crippen molar-refractivity contribution in [1.82, 2.24) is 4.98 Å². The molecule has 4 unspecified atom stereocenters. The zero-order valence-corrected chi connectivity index (χ0v) is 27.5. The van der Waals surface area contributed by atoms with Gasteiger partial charge in [0.05, 0.1) is 17.8 Å². The summed E-state index contributed by atoms with van der Waals surface area (Å²) in [5, 5.41) is 0. The van der Waals surface area contributed by atoms with E-state index in [1.54, 1.807) is 0 Å². The molecule has 0 spiro atoms. The number of aromatic nitrogens is 1. The number of rotatable bonds is 4. The van der Waals surface area contributed by atoms with Crippen LogP contribution in [0.5, 0.6) is 0 Å². The maximum absolute atomic E-state index is 5.28. The fourth-order valence-electron chi connectivity index (χ4n) is 8.57. The van der Waals surface area contributed by atoms with Crippen molar-refractivity contribution < 1.29 is 0 Å². The van der Waals surface area contributed by atoms with Crippen LogP contribution in [0.25, 0.3) is 33.4 Å². The molecule has 6 aromatic rings. The quantitative estimate of drug-likeness (QED) is 0.191. The van der Waals surface area contributed by atoms with Crippen molar-refractivity contribution in [3.05, 3.63) is 199 Å². The minimum absolute atomic E-state index is 0.0851. The number of para-hydroxylation sites is 2. The summed E-state index contributed by atoms with van der Waals surface area (Å²) in [7, 11) is 0. The Morgan fingerprint density at radius 1 is 0.420 bits per heavy atom.